The lowest BCUT2D eigenvalue weighted by molar-refractivity contribution is 0.291. The Morgan fingerprint density at radius 2 is 2.08 bits per heavy atom. The van der Waals surface area contributed by atoms with Gasteiger partial charge in [0.2, 0.25) is 5.95 Å². The number of rotatable bonds is 5. The maximum atomic E-state index is 5.68. The molecule has 0 aliphatic heterocycles. The highest BCUT2D eigenvalue weighted by atomic mass is 79.9. The van der Waals surface area contributed by atoms with E-state index in [1.165, 1.54) is 4.68 Å². The van der Waals surface area contributed by atoms with E-state index in [1.54, 1.807) is 6.20 Å². The number of pyridine rings is 1. The fraction of sp³-hybridized carbons (Fsp3) is 0.133. The van der Waals surface area contributed by atoms with Crippen LogP contribution in [0.3, 0.4) is 0 Å². The third-order valence-corrected chi connectivity index (χ3v) is 4.00. The number of halogens is 1. The van der Waals surface area contributed by atoms with Crippen LogP contribution in [0.15, 0.2) is 41.0 Å². The lowest BCUT2D eigenvalue weighted by Crippen LogP contribution is -2.12. The summed E-state index contributed by atoms with van der Waals surface area (Å²) in [6.45, 7) is 0.891. The van der Waals surface area contributed by atoms with E-state index in [1.807, 2.05) is 30.3 Å². The zero-order chi connectivity index (χ0) is 17.2. The molecule has 0 aliphatic rings. The van der Waals surface area contributed by atoms with Crippen LogP contribution in [0.1, 0.15) is 0 Å². The summed E-state index contributed by atoms with van der Waals surface area (Å²) in [6, 6.07) is 9.59. The van der Waals surface area contributed by atoms with Crippen LogP contribution in [0.2, 0.25) is 0 Å². The van der Waals surface area contributed by atoms with Gasteiger partial charge in [-0.05, 0) is 56.7 Å². The number of nitrogen functional groups attached to an aromatic ring is 1. The van der Waals surface area contributed by atoms with Crippen molar-refractivity contribution >= 4 is 33.0 Å². The summed E-state index contributed by atoms with van der Waals surface area (Å²) in [5, 5.41) is 10.9. The number of hydrogen-bond donors (Lipinski definition) is 2. The van der Waals surface area contributed by atoms with Crippen LogP contribution in [0.4, 0.5) is 5.95 Å². The second kappa shape index (κ2) is 6.48. The number of fused-ring (bicyclic) bond motifs is 1. The summed E-state index contributed by atoms with van der Waals surface area (Å²) in [6.07, 6.45) is 1.72. The molecule has 0 unspecified atom stereocenters. The molecule has 25 heavy (non-hydrogen) atoms. The van der Waals surface area contributed by atoms with Crippen molar-refractivity contribution in [3.63, 3.8) is 0 Å². The Labute approximate surface area is 150 Å². The van der Waals surface area contributed by atoms with Gasteiger partial charge in [0.15, 0.2) is 5.65 Å². The first-order chi connectivity index (χ1) is 12.2. The molecule has 9 nitrogen and oxygen atoms in total. The second-order valence-corrected chi connectivity index (χ2v) is 6.16. The molecule has 3 N–H and O–H groups in total. The number of ether oxygens (including phenoxy) is 1. The minimum absolute atomic E-state index is 0.268. The summed E-state index contributed by atoms with van der Waals surface area (Å²) >= 11 is 3.40. The van der Waals surface area contributed by atoms with Crippen molar-refractivity contribution in [2.24, 2.45) is 0 Å². The normalized spacial score (nSPS) is 11.1. The number of imidazole rings is 1. The highest BCUT2D eigenvalue weighted by Crippen LogP contribution is 2.23. The first kappa shape index (κ1) is 15.5. The molecule has 0 fully saturated rings. The molecule has 0 saturated heterocycles. The second-order valence-electron chi connectivity index (χ2n) is 5.24. The molecular weight excluding hydrogens is 388 g/mol. The number of hydrogen-bond acceptors (Lipinski definition) is 7. The molecule has 3 heterocycles. The smallest absolute Gasteiger partial charge is 0.240 e. The molecule has 0 amide bonds. The summed E-state index contributed by atoms with van der Waals surface area (Å²) < 4.78 is 8.06. The maximum Gasteiger partial charge on any atom is 0.240 e. The Morgan fingerprint density at radius 1 is 1.24 bits per heavy atom. The first-order valence-electron chi connectivity index (χ1n) is 7.45. The first-order valence-corrected chi connectivity index (χ1v) is 8.24. The van der Waals surface area contributed by atoms with E-state index in [0.29, 0.717) is 18.8 Å². The average Bonchev–Trinajstić information content (AvgIpc) is 3.21. The van der Waals surface area contributed by atoms with Gasteiger partial charge in [-0.15, -0.1) is 0 Å². The van der Waals surface area contributed by atoms with E-state index in [4.69, 9.17) is 10.5 Å². The number of anilines is 1. The minimum Gasteiger partial charge on any atom is -0.492 e. The van der Waals surface area contributed by atoms with E-state index in [-0.39, 0.29) is 5.95 Å². The summed E-state index contributed by atoms with van der Waals surface area (Å²) in [5.74, 6) is 1.77. The highest BCUT2D eigenvalue weighted by Gasteiger charge is 2.07. The SMILES string of the molecule is Nc1nnnn1CCOc1ccc(-c2nc3ncc(Br)cc3[nH]2)cc1. The van der Waals surface area contributed by atoms with Gasteiger partial charge in [-0.2, -0.15) is 0 Å². The number of tetrazole rings is 1. The van der Waals surface area contributed by atoms with Crippen LogP contribution < -0.4 is 10.5 Å². The van der Waals surface area contributed by atoms with Gasteiger partial charge >= 0.3 is 0 Å². The lowest BCUT2D eigenvalue weighted by Gasteiger charge is -2.06. The van der Waals surface area contributed by atoms with Gasteiger partial charge in [-0.3, -0.25) is 0 Å². The molecule has 126 valence electrons. The van der Waals surface area contributed by atoms with Crippen molar-refractivity contribution in [1.29, 1.82) is 0 Å². The van der Waals surface area contributed by atoms with Gasteiger partial charge in [-0.1, -0.05) is 5.10 Å². The molecule has 0 spiro atoms. The molecule has 0 saturated carbocycles. The summed E-state index contributed by atoms with van der Waals surface area (Å²) in [4.78, 5) is 12.0. The van der Waals surface area contributed by atoms with Gasteiger partial charge in [0.25, 0.3) is 0 Å². The predicted octanol–water partition coefficient (Wildman–Crippen LogP) is 2.04. The fourth-order valence-electron chi connectivity index (χ4n) is 2.34. The summed E-state index contributed by atoms with van der Waals surface area (Å²) in [7, 11) is 0. The zero-order valence-corrected chi connectivity index (χ0v) is 14.5. The van der Waals surface area contributed by atoms with Gasteiger partial charge in [-0.25, -0.2) is 14.6 Å². The Hall–Kier alpha value is -3.01. The van der Waals surface area contributed by atoms with Crippen LogP contribution in [0.25, 0.3) is 22.6 Å². The average molecular weight is 401 g/mol. The molecular formula is C15H13BrN8O. The van der Waals surface area contributed by atoms with E-state index < -0.39 is 0 Å². The van der Waals surface area contributed by atoms with Crippen molar-refractivity contribution in [3.05, 3.63) is 41.0 Å². The quantitative estimate of drug-likeness (QED) is 0.525. The van der Waals surface area contributed by atoms with Crippen molar-refractivity contribution in [2.75, 3.05) is 12.3 Å². The van der Waals surface area contributed by atoms with Crippen LogP contribution in [0.5, 0.6) is 5.75 Å². The van der Waals surface area contributed by atoms with Crippen LogP contribution in [0, 0.1) is 0 Å². The van der Waals surface area contributed by atoms with E-state index in [2.05, 4.69) is 46.4 Å². The molecule has 4 rings (SSSR count). The Bertz CT molecular complexity index is 1010. The number of nitrogens with two attached hydrogens (primary N) is 1. The molecule has 0 aliphatic carbocycles. The Kier molecular flexibility index (Phi) is 4.02. The lowest BCUT2D eigenvalue weighted by atomic mass is 10.2. The number of nitrogens with zero attached hydrogens (tertiary/aromatic N) is 6. The number of aromatic nitrogens is 7. The Balaban J connectivity index is 1.44. The van der Waals surface area contributed by atoms with E-state index >= 15 is 0 Å². The topological polar surface area (TPSA) is 120 Å². The van der Waals surface area contributed by atoms with Crippen molar-refractivity contribution in [3.8, 4) is 17.1 Å². The largest absolute Gasteiger partial charge is 0.492 e. The maximum absolute atomic E-state index is 5.68. The predicted molar refractivity (Wildman–Crippen MR) is 94.7 cm³/mol. The number of aromatic amines is 1. The van der Waals surface area contributed by atoms with E-state index in [9.17, 15) is 0 Å². The zero-order valence-electron chi connectivity index (χ0n) is 12.9. The third kappa shape index (κ3) is 3.29. The van der Waals surface area contributed by atoms with Crippen LogP contribution >= 0.6 is 15.9 Å². The standard InChI is InChI=1S/C15H13BrN8O/c16-10-7-12-14(18-8-10)20-13(19-12)9-1-3-11(4-2-9)25-6-5-24-15(17)21-22-23-24/h1-4,7-8H,5-6H2,(H2,17,21,23)(H,18,19,20). The number of benzene rings is 1. The third-order valence-electron chi connectivity index (χ3n) is 3.56. The highest BCUT2D eigenvalue weighted by molar-refractivity contribution is 9.10. The van der Waals surface area contributed by atoms with Crippen LogP contribution in [-0.2, 0) is 6.54 Å². The molecule has 0 radical (unpaired) electrons. The van der Waals surface area contributed by atoms with E-state index in [0.717, 1.165) is 27.1 Å². The van der Waals surface area contributed by atoms with Gasteiger partial charge in [0.1, 0.15) is 18.2 Å². The van der Waals surface area contributed by atoms with Crippen molar-refractivity contribution in [2.45, 2.75) is 6.54 Å². The molecule has 10 heteroatoms. The molecule has 0 atom stereocenters. The van der Waals surface area contributed by atoms with Crippen LogP contribution in [-0.4, -0.2) is 41.8 Å². The minimum atomic E-state index is 0.268. The number of nitrogens with one attached hydrogen (secondary N) is 1. The van der Waals surface area contributed by atoms with Crippen molar-refractivity contribution in [1.82, 2.24) is 35.2 Å². The molecule has 0 bridgehead atoms. The fourth-order valence-corrected chi connectivity index (χ4v) is 2.67. The summed E-state index contributed by atoms with van der Waals surface area (Å²) in [5.41, 5.74) is 8.11. The molecule has 4 aromatic rings. The van der Waals surface area contributed by atoms with Gasteiger partial charge in [0, 0.05) is 16.2 Å². The van der Waals surface area contributed by atoms with Gasteiger partial charge < -0.3 is 15.5 Å². The van der Waals surface area contributed by atoms with Crippen molar-refractivity contribution < 1.29 is 4.74 Å². The Morgan fingerprint density at radius 3 is 2.84 bits per heavy atom. The van der Waals surface area contributed by atoms with Gasteiger partial charge in [0.05, 0.1) is 12.1 Å². The molecule has 3 aromatic heterocycles. The number of H-pyrrole nitrogens is 1. The monoisotopic (exact) mass is 400 g/mol. The molecule has 1 aromatic carbocycles.